The van der Waals surface area contributed by atoms with Crippen LogP contribution >= 0.6 is 11.6 Å². The van der Waals surface area contributed by atoms with Crippen LogP contribution in [0.25, 0.3) is 11.3 Å². The van der Waals surface area contributed by atoms with Crippen molar-refractivity contribution in [2.75, 3.05) is 24.4 Å². The number of ether oxygens (including phenoxy) is 1. The van der Waals surface area contributed by atoms with E-state index in [1.807, 2.05) is 19.1 Å². The van der Waals surface area contributed by atoms with Crippen LogP contribution < -0.4 is 10.6 Å². The highest BCUT2D eigenvalue weighted by molar-refractivity contribution is 6.29. The van der Waals surface area contributed by atoms with Crippen molar-refractivity contribution in [3.8, 4) is 11.3 Å². The van der Waals surface area contributed by atoms with Gasteiger partial charge in [-0.15, -0.1) is 0 Å². The predicted molar refractivity (Wildman–Crippen MR) is 109 cm³/mol. The third-order valence-electron chi connectivity index (χ3n) is 4.96. The largest absolute Gasteiger partial charge is 0.396 e. The molecule has 3 rings (SSSR count). The van der Waals surface area contributed by atoms with E-state index in [2.05, 4.69) is 20.6 Å². The Balaban J connectivity index is 1.80. The van der Waals surface area contributed by atoms with Crippen LogP contribution in [0.2, 0.25) is 5.15 Å². The standard InChI is InChI=1S/C20H27ClN4O2/c1-13(6-8-26)24-19-11-20(21)23-12-17(19)18-10-15(5-7-22-18)25-14-3-4-16(9-14)27-2/h5,7,10-14,16,26H,3-4,6,8-9H2,1-2H3,(H,22,25)(H,23,24)/t13-,14-,16-/m0/s1. The van der Waals surface area contributed by atoms with Crippen molar-refractivity contribution in [1.29, 1.82) is 0 Å². The fourth-order valence-electron chi connectivity index (χ4n) is 3.47. The maximum Gasteiger partial charge on any atom is 0.131 e. The predicted octanol–water partition coefficient (Wildman–Crippen LogP) is 3.96. The van der Waals surface area contributed by atoms with E-state index in [-0.39, 0.29) is 12.6 Å². The Kier molecular flexibility index (Phi) is 6.88. The molecule has 1 aliphatic rings. The molecule has 0 saturated heterocycles. The first-order valence-corrected chi connectivity index (χ1v) is 9.75. The second kappa shape index (κ2) is 9.35. The van der Waals surface area contributed by atoms with Gasteiger partial charge in [-0.1, -0.05) is 11.6 Å². The van der Waals surface area contributed by atoms with Crippen LogP contribution in [0.3, 0.4) is 0 Å². The third-order valence-corrected chi connectivity index (χ3v) is 5.17. The molecule has 7 heteroatoms. The molecule has 0 amide bonds. The van der Waals surface area contributed by atoms with Crippen LogP contribution in [-0.4, -0.2) is 47.0 Å². The first kappa shape index (κ1) is 19.9. The minimum atomic E-state index is 0.109. The van der Waals surface area contributed by atoms with Crippen LogP contribution in [0.5, 0.6) is 0 Å². The number of rotatable bonds is 8. The molecule has 0 aromatic carbocycles. The van der Waals surface area contributed by atoms with Crippen molar-refractivity contribution >= 4 is 23.0 Å². The van der Waals surface area contributed by atoms with Crippen LogP contribution in [-0.2, 0) is 4.74 Å². The van der Waals surface area contributed by atoms with Gasteiger partial charge < -0.3 is 20.5 Å². The number of methoxy groups -OCH3 is 1. The van der Waals surface area contributed by atoms with E-state index in [4.69, 9.17) is 21.4 Å². The molecule has 1 aliphatic carbocycles. The third kappa shape index (κ3) is 5.31. The summed E-state index contributed by atoms with van der Waals surface area (Å²) in [4.78, 5) is 8.74. The van der Waals surface area contributed by atoms with Gasteiger partial charge in [0, 0.05) is 55.1 Å². The van der Waals surface area contributed by atoms with Gasteiger partial charge in [-0.25, -0.2) is 4.98 Å². The van der Waals surface area contributed by atoms with Crippen molar-refractivity contribution in [3.05, 3.63) is 35.7 Å². The first-order chi connectivity index (χ1) is 13.1. The SMILES string of the molecule is CO[C@H]1CC[C@H](Nc2ccnc(-c3cnc(Cl)cc3N[C@@H](C)CCO)c2)C1. The minimum Gasteiger partial charge on any atom is -0.396 e. The second-order valence-corrected chi connectivity index (χ2v) is 7.44. The summed E-state index contributed by atoms with van der Waals surface area (Å²) in [5.41, 5.74) is 3.60. The summed E-state index contributed by atoms with van der Waals surface area (Å²) in [6.45, 7) is 2.15. The highest BCUT2D eigenvalue weighted by Gasteiger charge is 2.24. The van der Waals surface area contributed by atoms with Crippen molar-refractivity contribution in [3.63, 3.8) is 0 Å². The second-order valence-electron chi connectivity index (χ2n) is 7.05. The number of anilines is 2. The summed E-state index contributed by atoms with van der Waals surface area (Å²) in [6, 6.07) is 6.34. The molecular formula is C20H27ClN4O2. The maximum atomic E-state index is 9.16. The van der Waals surface area contributed by atoms with E-state index in [1.165, 1.54) is 0 Å². The molecule has 27 heavy (non-hydrogen) atoms. The Bertz CT molecular complexity index is 759. The lowest BCUT2D eigenvalue weighted by Crippen LogP contribution is -2.18. The summed E-state index contributed by atoms with van der Waals surface area (Å²) in [6.07, 6.45) is 7.73. The van der Waals surface area contributed by atoms with Gasteiger partial charge in [-0.2, -0.15) is 0 Å². The van der Waals surface area contributed by atoms with Crippen LogP contribution in [0.4, 0.5) is 11.4 Å². The molecule has 6 nitrogen and oxygen atoms in total. The highest BCUT2D eigenvalue weighted by atomic mass is 35.5. The molecule has 0 radical (unpaired) electrons. The molecule has 1 saturated carbocycles. The molecule has 3 atom stereocenters. The molecule has 0 aliphatic heterocycles. The van der Waals surface area contributed by atoms with Crippen molar-refractivity contribution in [1.82, 2.24) is 9.97 Å². The number of aliphatic hydroxyl groups is 1. The molecule has 2 heterocycles. The van der Waals surface area contributed by atoms with E-state index in [1.54, 1.807) is 25.6 Å². The van der Waals surface area contributed by atoms with Gasteiger partial charge in [-0.05, 0) is 50.8 Å². The fourth-order valence-corrected chi connectivity index (χ4v) is 3.63. The Morgan fingerprint density at radius 3 is 2.93 bits per heavy atom. The molecule has 3 N–H and O–H groups in total. The van der Waals surface area contributed by atoms with Crippen LogP contribution in [0, 0.1) is 0 Å². The first-order valence-electron chi connectivity index (χ1n) is 9.37. The van der Waals surface area contributed by atoms with E-state index in [0.717, 1.165) is 41.9 Å². The fraction of sp³-hybridized carbons (Fsp3) is 0.500. The Hall–Kier alpha value is -1.89. The molecular weight excluding hydrogens is 364 g/mol. The Morgan fingerprint density at radius 1 is 1.33 bits per heavy atom. The summed E-state index contributed by atoms with van der Waals surface area (Å²) >= 11 is 6.09. The molecule has 146 valence electrons. The lowest BCUT2D eigenvalue weighted by atomic mass is 10.1. The quantitative estimate of drug-likeness (QED) is 0.592. The van der Waals surface area contributed by atoms with Crippen molar-refractivity contribution in [2.24, 2.45) is 0 Å². The van der Waals surface area contributed by atoms with E-state index in [0.29, 0.717) is 23.7 Å². The van der Waals surface area contributed by atoms with Crippen LogP contribution in [0.15, 0.2) is 30.6 Å². The number of pyridine rings is 2. The number of nitrogens with zero attached hydrogens (tertiary/aromatic N) is 2. The van der Waals surface area contributed by atoms with E-state index in [9.17, 15) is 0 Å². The molecule has 2 aromatic rings. The average molecular weight is 391 g/mol. The van der Waals surface area contributed by atoms with Gasteiger partial charge in [0.15, 0.2) is 0 Å². The highest BCUT2D eigenvalue weighted by Crippen LogP contribution is 2.31. The molecule has 0 unspecified atom stereocenters. The number of aromatic nitrogens is 2. The lowest BCUT2D eigenvalue weighted by molar-refractivity contribution is 0.108. The number of aliphatic hydroxyl groups excluding tert-OH is 1. The topological polar surface area (TPSA) is 79.3 Å². The zero-order valence-corrected chi connectivity index (χ0v) is 16.5. The van der Waals surface area contributed by atoms with Crippen molar-refractivity contribution in [2.45, 2.75) is 50.8 Å². The lowest BCUT2D eigenvalue weighted by Gasteiger charge is -2.18. The monoisotopic (exact) mass is 390 g/mol. The molecule has 0 spiro atoms. The smallest absolute Gasteiger partial charge is 0.131 e. The van der Waals surface area contributed by atoms with Gasteiger partial charge >= 0.3 is 0 Å². The summed E-state index contributed by atoms with van der Waals surface area (Å²) in [5, 5.41) is 16.6. The van der Waals surface area contributed by atoms with Crippen LogP contribution in [0.1, 0.15) is 32.6 Å². The van der Waals surface area contributed by atoms with E-state index >= 15 is 0 Å². The van der Waals surface area contributed by atoms with Gasteiger partial charge in [0.25, 0.3) is 0 Å². The van der Waals surface area contributed by atoms with Gasteiger partial charge in [-0.3, -0.25) is 4.98 Å². The van der Waals surface area contributed by atoms with Gasteiger partial charge in [0.2, 0.25) is 0 Å². The van der Waals surface area contributed by atoms with Crippen molar-refractivity contribution < 1.29 is 9.84 Å². The average Bonchev–Trinajstić information content (AvgIpc) is 3.10. The zero-order valence-electron chi connectivity index (χ0n) is 15.8. The Labute approximate surface area is 165 Å². The number of hydrogen-bond acceptors (Lipinski definition) is 6. The molecule has 2 aromatic heterocycles. The van der Waals surface area contributed by atoms with Gasteiger partial charge in [0.1, 0.15) is 5.15 Å². The summed E-state index contributed by atoms with van der Waals surface area (Å²) < 4.78 is 5.46. The minimum absolute atomic E-state index is 0.109. The summed E-state index contributed by atoms with van der Waals surface area (Å²) in [5.74, 6) is 0. The molecule has 0 bridgehead atoms. The number of hydrogen-bond donors (Lipinski definition) is 3. The number of nitrogens with one attached hydrogen (secondary N) is 2. The van der Waals surface area contributed by atoms with E-state index < -0.39 is 0 Å². The zero-order chi connectivity index (χ0) is 19.2. The Morgan fingerprint density at radius 2 is 2.19 bits per heavy atom. The van der Waals surface area contributed by atoms with Gasteiger partial charge in [0.05, 0.1) is 11.8 Å². The maximum absolute atomic E-state index is 9.16. The number of halogens is 1. The normalized spacial score (nSPS) is 20.4. The molecule has 1 fully saturated rings. The summed E-state index contributed by atoms with van der Waals surface area (Å²) in [7, 11) is 1.78.